The first-order valence-electron chi connectivity index (χ1n) is 5.48. The van der Waals surface area contributed by atoms with Gasteiger partial charge in [-0.3, -0.25) is 4.57 Å². The Bertz CT molecular complexity index is 477. The predicted octanol–water partition coefficient (Wildman–Crippen LogP) is 1.22. The van der Waals surface area contributed by atoms with Crippen molar-refractivity contribution in [2.24, 2.45) is 5.73 Å². The van der Waals surface area contributed by atoms with E-state index in [1.807, 2.05) is 41.8 Å². The van der Waals surface area contributed by atoms with Crippen LogP contribution in [-0.4, -0.2) is 28.4 Å². The average Bonchev–Trinajstić information content (AvgIpc) is 2.74. The van der Waals surface area contributed by atoms with E-state index >= 15 is 0 Å². The fourth-order valence-electron chi connectivity index (χ4n) is 1.79. The summed E-state index contributed by atoms with van der Waals surface area (Å²) in [6.07, 6.45) is -0.239. The lowest BCUT2D eigenvalue weighted by Gasteiger charge is -2.14. The van der Waals surface area contributed by atoms with E-state index in [0.29, 0.717) is 6.54 Å². The number of aryl methyl sites for hydroxylation is 1. The Hall–Kier alpha value is -1.72. The highest BCUT2D eigenvalue weighted by Crippen LogP contribution is 2.19. The number of para-hydroxylation sites is 1. The minimum absolute atomic E-state index is 0.239. The summed E-state index contributed by atoms with van der Waals surface area (Å²) in [6.45, 7) is 2.29. The number of hydrogen-bond acceptors (Lipinski definition) is 4. The van der Waals surface area contributed by atoms with E-state index in [2.05, 4.69) is 10.2 Å². The van der Waals surface area contributed by atoms with Crippen LogP contribution in [0.5, 0.6) is 0 Å². The Morgan fingerprint density at radius 3 is 2.59 bits per heavy atom. The lowest BCUT2D eigenvalue weighted by Crippen LogP contribution is -2.18. The first-order valence-corrected chi connectivity index (χ1v) is 5.48. The number of benzene rings is 1. The van der Waals surface area contributed by atoms with Crippen LogP contribution in [0.3, 0.4) is 0 Å². The highest BCUT2D eigenvalue weighted by molar-refractivity contribution is 5.34. The van der Waals surface area contributed by atoms with Gasteiger partial charge in [0, 0.05) is 19.3 Å². The van der Waals surface area contributed by atoms with Gasteiger partial charge in [-0.1, -0.05) is 18.2 Å². The van der Waals surface area contributed by atoms with Crippen molar-refractivity contribution < 1.29 is 4.74 Å². The molecule has 0 aliphatic heterocycles. The van der Waals surface area contributed by atoms with Crippen LogP contribution in [0.15, 0.2) is 30.3 Å². The molecule has 2 aromatic rings. The second kappa shape index (κ2) is 5.07. The van der Waals surface area contributed by atoms with Crippen molar-refractivity contribution in [3.8, 4) is 5.69 Å². The maximum absolute atomic E-state index is 5.67. The van der Waals surface area contributed by atoms with Crippen LogP contribution < -0.4 is 5.73 Å². The van der Waals surface area contributed by atoms with Gasteiger partial charge in [0.05, 0.1) is 0 Å². The molecule has 0 spiro atoms. The predicted molar refractivity (Wildman–Crippen MR) is 64.9 cm³/mol. The fourth-order valence-corrected chi connectivity index (χ4v) is 1.79. The highest BCUT2D eigenvalue weighted by atomic mass is 16.5. The van der Waals surface area contributed by atoms with E-state index < -0.39 is 0 Å². The summed E-state index contributed by atoms with van der Waals surface area (Å²) >= 11 is 0. The average molecular weight is 232 g/mol. The Morgan fingerprint density at radius 1 is 1.29 bits per heavy atom. The normalized spacial score (nSPS) is 12.6. The third-order valence-corrected chi connectivity index (χ3v) is 2.65. The van der Waals surface area contributed by atoms with Crippen LogP contribution in [0.4, 0.5) is 0 Å². The molecule has 0 fully saturated rings. The van der Waals surface area contributed by atoms with Crippen molar-refractivity contribution in [3.05, 3.63) is 42.0 Å². The smallest absolute Gasteiger partial charge is 0.168 e. The maximum Gasteiger partial charge on any atom is 0.168 e. The molecule has 2 N–H and O–H groups in total. The fraction of sp³-hybridized carbons (Fsp3) is 0.333. The number of ether oxygens (including phenoxy) is 1. The lowest BCUT2D eigenvalue weighted by atomic mass is 10.2. The van der Waals surface area contributed by atoms with Crippen LogP contribution >= 0.6 is 0 Å². The van der Waals surface area contributed by atoms with Gasteiger partial charge in [0.25, 0.3) is 0 Å². The molecule has 5 heteroatoms. The number of rotatable bonds is 4. The summed E-state index contributed by atoms with van der Waals surface area (Å²) in [5.41, 5.74) is 6.68. The minimum atomic E-state index is -0.239. The van der Waals surface area contributed by atoms with Crippen molar-refractivity contribution in [1.82, 2.24) is 14.8 Å². The SMILES string of the molecule is COC(CN)c1nnc(C)n1-c1ccccc1. The molecule has 0 amide bonds. The zero-order valence-corrected chi connectivity index (χ0v) is 10.00. The van der Waals surface area contributed by atoms with Crippen LogP contribution in [0, 0.1) is 6.92 Å². The summed E-state index contributed by atoms with van der Waals surface area (Å²) in [6, 6.07) is 9.93. The Balaban J connectivity index is 2.50. The molecule has 1 aromatic heterocycles. The largest absolute Gasteiger partial charge is 0.372 e. The zero-order valence-electron chi connectivity index (χ0n) is 10.00. The van der Waals surface area contributed by atoms with E-state index in [1.54, 1.807) is 7.11 Å². The number of nitrogens with two attached hydrogens (primary N) is 1. The van der Waals surface area contributed by atoms with Gasteiger partial charge >= 0.3 is 0 Å². The molecular weight excluding hydrogens is 216 g/mol. The van der Waals surface area contributed by atoms with Gasteiger partial charge in [-0.05, 0) is 19.1 Å². The molecule has 0 saturated carbocycles. The summed E-state index contributed by atoms with van der Waals surface area (Å²) in [5, 5.41) is 8.23. The lowest BCUT2D eigenvalue weighted by molar-refractivity contribution is 0.101. The molecule has 2 rings (SSSR count). The van der Waals surface area contributed by atoms with Gasteiger partial charge in [-0.25, -0.2) is 0 Å². The summed E-state index contributed by atoms with van der Waals surface area (Å²) in [5.74, 6) is 1.56. The van der Waals surface area contributed by atoms with Gasteiger partial charge in [0.1, 0.15) is 11.9 Å². The highest BCUT2D eigenvalue weighted by Gasteiger charge is 2.18. The molecular formula is C12H16N4O. The molecule has 0 bridgehead atoms. The van der Waals surface area contributed by atoms with Crippen LogP contribution in [0.1, 0.15) is 17.8 Å². The monoisotopic (exact) mass is 232 g/mol. The van der Waals surface area contributed by atoms with E-state index in [9.17, 15) is 0 Å². The number of aromatic nitrogens is 3. The number of methoxy groups -OCH3 is 1. The van der Waals surface area contributed by atoms with Crippen LogP contribution in [-0.2, 0) is 4.74 Å². The zero-order chi connectivity index (χ0) is 12.3. The topological polar surface area (TPSA) is 66.0 Å². The van der Waals surface area contributed by atoms with Crippen molar-refractivity contribution in [1.29, 1.82) is 0 Å². The number of hydrogen-bond donors (Lipinski definition) is 1. The number of nitrogens with zero attached hydrogens (tertiary/aromatic N) is 3. The molecule has 0 radical (unpaired) electrons. The molecule has 0 aliphatic carbocycles. The molecule has 5 nitrogen and oxygen atoms in total. The molecule has 90 valence electrons. The van der Waals surface area contributed by atoms with Gasteiger partial charge < -0.3 is 10.5 Å². The Labute approximate surface area is 100 Å². The minimum Gasteiger partial charge on any atom is -0.372 e. The van der Waals surface area contributed by atoms with Crippen molar-refractivity contribution in [3.63, 3.8) is 0 Å². The van der Waals surface area contributed by atoms with Gasteiger partial charge in [-0.15, -0.1) is 10.2 Å². The maximum atomic E-state index is 5.67. The second-order valence-electron chi connectivity index (χ2n) is 3.74. The molecule has 1 heterocycles. The third-order valence-electron chi connectivity index (χ3n) is 2.65. The van der Waals surface area contributed by atoms with Crippen molar-refractivity contribution in [2.45, 2.75) is 13.0 Å². The van der Waals surface area contributed by atoms with E-state index in [-0.39, 0.29) is 6.10 Å². The van der Waals surface area contributed by atoms with E-state index in [4.69, 9.17) is 10.5 Å². The van der Waals surface area contributed by atoms with E-state index in [1.165, 1.54) is 0 Å². The first-order chi connectivity index (χ1) is 8.27. The van der Waals surface area contributed by atoms with Gasteiger partial charge in [0.15, 0.2) is 5.82 Å². The standard InChI is InChI=1S/C12H16N4O/c1-9-14-15-12(11(8-13)17-2)16(9)10-6-4-3-5-7-10/h3-7,11H,8,13H2,1-2H3. The Kier molecular flexibility index (Phi) is 3.51. The summed E-state index contributed by atoms with van der Waals surface area (Å²) < 4.78 is 7.27. The third kappa shape index (κ3) is 2.20. The van der Waals surface area contributed by atoms with E-state index in [0.717, 1.165) is 17.3 Å². The molecule has 1 unspecified atom stereocenters. The molecule has 1 aromatic carbocycles. The molecule has 0 saturated heterocycles. The summed E-state index contributed by atoms with van der Waals surface area (Å²) in [4.78, 5) is 0. The van der Waals surface area contributed by atoms with Gasteiger partial charge in [-0.2, -0.15) is 0 Å². The molecule has 0 aliphatic rings. The molecule has 17 heavy (non-hydrogen) atoms. The van der Waals surface area contributed by atoms with Crippen molar-refractivity contribution in [2.75, 3.05) is 13.7 Å². The Morgan fingerprint density at radius 2 is 2.00 bits per heavy atom. The van der Waals surface area contributed by atoms with Gasteiger partial charge in [0.2, 0.25) is 0 Å². The van der Waals surface area contributed by atoms with Crippen molar-refractivity contribution >= 4 is 0 Å². The quantitative estimate of drug-likeness (QED) is 0.860. The molecule has 1 atom stereocenters. The second-order valence-corrected chi connectivity index (χ2v) is 3.74. The first kappa shape index (κ1) is 11.8. The summed E-state index contributed by atoms with van der Waals surface area (Å²) in [7, 11) is 1.62. The van der Waals surface area contributed by atoms with Crippen LogP contribution in [0.2, 0.25) is 0 Å². The van der Waals surface area contributed by atoms with Crippen LogP contribution in [0.25, 0.3) is 5.69 Å².